The zero-order valence-corrected chi connectivity index (χ0v) is 13.4. The first kappa shape index (κ1) is 15.4. The van der Waals surface area contributed by atoms with Gasteiger partial charge in [-0.15, -0.1) is 0 Å². The van der Waals surface area contributed by atoms with Gasteiger partial charge in [0.2, 0.25) is 0 Å². The Labute approximate surface area is 131 Å². The molecule has 0 bridgehead atoms. The summed E-state index contributed by atoms with van der Waals surface area (Å²) in [5.41, 5.74) is 2.80. The van der Waals surface area contributed by atoms with E-state index in [1.54, 1.807) is 6.08 Å². The molecule has 3 aliphatic carbocycles. The molecule has 0 aromatic heterocycles. The van der Waals surface area contributed by atoms with Gasteiger partial charge in [-0.05, 0) is 63.5 Å². The SMILES string of the molecule is C[C@]12CCC(=O)C(CCC3=CC(=O)CCC3)=C1CCCC2=O. The molecule has 0 unspecified atom stereocenters. The molecule has 0 aromatic carbocycles. The van der Waals surface area contributed by atoms with Crippen molar-refractivity contribution in [3.8, 4) is 0 Å². The average Bonchev–Trinajstić information content (AvgIpc) is 2.49. The second-order valence-corrected chi connectivity index (χ2v) is 7.11. The van der Waals surface area contributed by atoms with Gasteiger partial charge >= 0.3 is 0 Å². The number of rotatable bonds is 3. The second-order valence-electron chi connectivity index (χ2n) is 7.11. The Morgan fingerprint density at radius 3 is 2.50 bits per heavy atom. The van der Waals surface area contributed by atoms with Gasteiger partial charge in [0.1, 0.15) is 5.78 Å². The molecule has 1 fully saturated rings. The summed E-state index contributed by atoms with van der Waals surface area (Å²) in [7, 11) is 0. The Bertz CT molecular complexity index is 594. The van der Waals surface area contributed by atoms with Crippen LogP contribution in [0.15, 0.2) is 22.8 Å². The minimum atomic E-state index is -0.391. The number of hydrogen-bond donors (Lipinski definition) is 0. The van der Waals surface area contributed by atoms with Crippen LogP contribution in [-0.2, 0) is 14.4 Å². The van der Waals surface area contributed by atoms with Gasteiger partial charge in [-0.25, -0.2) is 0 Å². The van der Waals surface area contributed by atoms with Crippen LogP contribution in [0, 0.1) is 5.41 Å². The fraction of sp³-hybridized carbons (Fsp3) is 0.632. The van der Waals surface area contributed by atoms with E-state index in [2.05, 4.69) is 0 Å². The molecule has 0 N–H and O–H groups in total. The molecule has 0 spiro atoms. The fourth-order valence-corrected chi connectivity index (χ4v) is 4.24. The monoisotopic (exact) mass is 300 g/mol. The van der Waals surface area contributed by atoms with Crippen molar-refractivity contribution >= 4 is 17.3 Å². The van der Waals surface area contributed by atoms with E-state index in [-0.39, 0.29) is 11.6 Å². The van der Waals surface area contributed by atoms with E-state index in [9.17, 15) is 14.4 Å². The molecule has 0 heterocycles. The molecule has 0 aromatic rings. The molecule has 0 saturated heterocycles. The smallest absolute Gasteiger partial charge is 0.158 e. The third kappa shape index (κ3) is 2.73. The molecule has 3 heteroatoms. The lowest BCUT2D eigenvalue weighted by Crippen LogP contribution is -2.38. The van der Waals surface area contributed by atoms with Crippen LogP contribution in [0.5, 0.6) is 0 Å². The first-order chi connectivity index (χ1) is 10.5. The van der Waals surface area contributed by atoms with Crippen LogP contribution in [0.1, 0.15) is 71.1 Å². The summed E-state index contributed by atoms with van der Waals surface area (Å²) >= 11 is 0. The Morgan fingerprint density at radius 1 is 0.955 bits per heavy atom. The van der Waals surface area contributed by atoms with E-state index in [1.165, 1.54) is 5.57 Å². The van der Waals surface area contributed by atoms with Gasteiger partial charge in [0.05, 0.1) is 0 Å². The predicted octanol–water partition coefficient (Wildman–Crippen LogP) is 3.86. The van der Waals surface area contributed by atoms with Crippen LogP contribution < -0.4 is 0 Å². The topological polar surface area (TPSA) is 51.2 Å². The second kappa shape index (κ2) is 5.94. The molecule has 3 aliphatic rings. The molecule has 0 radical (unpaired) electrons. The van der Waals surface area contributed by atoms with Crippen molar-refractivity contribution in [2.75, 3.05) is 0 Å². The van der Waals surface area contributed by atoms with Gasteiger partial charge in [0.25, 0.3) is 0 Å². The van der Waals surface area contributed by atoms with E-state index in [4.69, 9.17) is 0 Å². The van der Waals surface area contributed by atoms with Crippen LogP contribution in [-0.4, -0.2) is 17.3 Å². The fourth-order valence-electron chi connectivity index (χ4n) is 4.24. The van der Waals surface area contributed by atoms with Crippen molar-refractivity contribution in [2.24, 2.45) is 5.41 Å². The normalized spacial score (nSPS) is 29.5. The van der Waals surface area contributed by atoms with Crippen molar-refractivity contribution in [3.63, 3.8) is 0 Å². The minimum Gasteiger partial charge on any atom is -0.299 e. The highest BCUT2D eigenvalue weighted by molar-refractivity contribution is 6.01. The number of fused-ring (bicyclic) bond motifs is 1. The standard InChI is InChI=1S/C19H24O3/c1-19-11-10-17(21)15(16(19)6-3-7-18(19)22)9-8-13-4-2-5-14(20)12-13/h12H,2-11H2,1H3/t19-/m0/s1. The molecule has 3 nitrogen and oxygen atoms in total. The maximum atomic E-state index is 12.4. The molecule has 0 amide bonds. The van der Waals surface area contributed by atoms with E-state index >= 15 is 0 Å². The van der Waals surface area contributed by atoms with E-state index in [0.29, 0.717) is 37.9 Å². The molecule has 1 saturated carbocycles. The Balaban J connectivity index is 1.83. The van der Waals surface area contributed by atoms with Gasteiger partial charge in [-0.2, -0.15) is 0 Å². The summed E-state index contributed by atoms with van der Waals surface area (Å²) in [6.45, 7) is 2.03. The van der Waals surface area contributed by atoms with Crippen molar-refractivity contribution in [1.82, 2.24) is 0 Å². The van der Waals surface area contributed by atoms with Crippen molar-refractivity contribution in [3.05, 3.63) is 22.8 Å². The number of carbonyl (C=O) groups excluding carboxylic acids is 3. The molecule has 3 rings (SSSR count). The summed E-state index contributed by atoms with van der Waals surface area (Å²) in [6.07, 6.45) is 9.43. The molecular weight excluding hydrogens is 276 g/mol. The lowest BCUT2D eigenvalue weighted by atomic mass is 9.62. The summed E-state index contributed by atoms with van der Waals surface area (Å²) in [5.74, 6) is 0.752. The predicted molar refractivity (Wildman–Crippen MR) is 84.4 cm³/mol. The highest BCUT2D eigenvalue weighted by Crippen LogP contribution is 2.47. The van der Waals surface area contributed by atoms with Crippen molar-refractivity contribution < 1.29 is 14.4 Å². The Morgan fingerprint density at radius 2 is 1.73 bits per heavy atom. The van der Waals surface area contributed by atoms with Gasteiger partial charge in [0, 0.05) is 24.7 Å². The van der Waals surface area contributed by atoms with Crippen LogP contribution >= 0.6 is 0 Å². The molecule has 22 heavy (non-hydrogen) atoms. The van der Waals surface area contributed by atoms with Crippen molar-refractivity contribution in [2.45, 2.75) is 71.1 Å². The number of Topliss-reactive ketones (excluding diaryl/α,β-unsaturated/α-hetero) is 2. The van der Waals surface area contributed by atoms with Crippen LogP contribution in [0.25, 0.3) is 0 Å². The van der Waals surface area contributed by atoms with E-state index in [0.717, 1.165) is 43.3 Å². The maximum Gasteiger partial charge on any atom is 0.158 e. The lowest BCUT2D eigenvalue weighted by Gasteiger charge is -2.40. The average molecular weight is 300 g/mol. The van der Waals surface area contributed by atoms with Crippen molar-refractivity contribution in [1.29, 1.82) is 0 Å². The van der Waals surface area contributed by atoms with Gasteiger partial charge in [-0.1, -0.05) is 11.1 Å². The molecule has 118 valence electrons. The van der Waals surface area contributed by atoms with E-state index in [1.807, 2.05) is 6.92 Å². The number of hydrogen-bond acceptors (Lipinski definition) is 3. The maximum absolute atomic E-state index is 12.4. The largest absolute Gasteiger partial charge is 0.299 e. The van der Waals surface area contributed by atoms with Gasteiger partial charge in [0.15, 0.2) is 11.6 Å². The zero-order valence-electron chi connectivity index (χ0n) is 13.4. The lowest BCUT2D eigenvalue weighted by molar-refractivity contribution is -0.129. The highest BCUT2D eigenvalue weighted by Gasteiger charge is 2.44. The van der Waals surface area contributed by atoms with Gasteiger partial charge < -0.3 is 0 Å². The van der Waals surface area contributed by atoms with Crippen LogP contribution in [0.2, 0.25) is 0 Å². The third-order valence-electron chi connectivity index (χ3n) is 5.65. The first-order valence-electron chi connectivity index (χ1n) is 8.52. The number of allylic oxidation sites excluding steroid dienone is 4. The minimum absolute atomic E-state index is 0.214. The van der Waals surface area contributed by atoms with Gasteiger partial charge in [-0.3, -0.25) is 14.4 Å². The quantitative estimate of drug-likeness (QED) is 0.795. The summed E-state index contributed by atoms with van der Waals surface area (Å²) in [5, 5.41) is 0. The molecule has 1 atom stereocenters. The number of carbonyl (C=O) groups is 3. The Kier molecular flexibility index (Phi) is 4.16. The summed E-state index contributed by atoms with van der Waals surface area (Å²) < 4.78 is 0. The first-order valence-corrected chi connectivity index (χ1v) is 8.52. The molecule has 0 aliphatic heterocycles. The summed E-state index contributed by atoms with van der Waals surface area (Å²) in [4.78, 5) is 36.2. The van der Waals surface area contributed by atoms with E-state index < -0.39 is 5.41 Å². The highest BCUT2D eigenvalue weighted by atomic mass is 16.1. The zero-order chi connectivity index (χ0) is 15.7. The Hall–Kier alpha value is -1.51. The third-order valence-corrected chi connectivity index (χ3v) is 5.65. The van der Waals surface area contributed by atoms with Crippen LogP contribution in [0.3, 0.4) is 0 Å². The molecular formula is C19H24O3. The summed E-state index contributed by atoms with van der Waals surface area (Å²) in [6, 6.07) is 0. The van der Waals surface area contributed by atoms with Crippen LogP contribution in [0.4, 0.5) is 0 Å². The number of ketones is 3.